The smallest absolute Gasteiger partial charge is 0.0858 e. The van der Waals surface area contributed by atoms with Crippen LogP contribution in [0.15, 0.2) is 30.3 Å². The van der Waals surface area contributed by atoms with Gasteiger partial charge in [0.05, 0.1) is 11.8 Å². The van der Waals surface area contributed by atoms with E-state index in [0.29, 0.717) is 0 Å². The van der Waals surface area contributed by atoms with E-state index in [1.54, 1.807) is 0 Å². The molecule has 1 aliphatic carbocycles. The Balaban J connectivity index is 1.62. The van der Waals surface area contributed by atoms with E-state index in [2.05, 4.69) is 35.9 Å². The van der Waals surface area contributed by atoms with E-state index in [4.69, 9.17) is 0 Å². The highest BCUT2D eigenvalue weighted by atomic mass is 16.3. The number of hydrogen-bond acceptors (Lipinski definition) is 3. The van der Waals surface area contributed by atoms with Gasteiger partial charge in [-0.1, -0.05) is 30.3 Å². The van der Waals surface area contributed by atoms with Gasteiger partial charge in [0, 0.05) is 36.3 Å². The summed E-state index contributed by atoms with van der Waals surface area (Å²) in [7, 11) is 0. The molecule has 0 saturated heterocycles. The lowest BCUT2D eigenvalue weighted by Crippen LogP contribution is -2.28. The topological polar surface area (TPSA) is 50.1 Å². The molecule has 1 heterocycles. The molecule has 4 heteroatoms. The zero-order valence-corrected chi connectivity index (χ0v) is 14.3. The number of hydrogen-bond donors (Lipinski definition) is 2. The summed E-state index contributed by atoms with van der Waals surface area (Å²) in [5, 5.41) is 18.8. The second kappa shape index (κ2) is 6.46. The van der Waals surface area contributed by atoms with Gasteiger partial charge < -0.3 is 10.4 Å². The second-order valence-electron chi connectivity index (χ2n) is 6.74. The quantitative estimate of drug-likeness (QED) is 0.826. The molecular weight excluding hydrogens is 286 g/mol. The van der Waals surface area contributed by atoms with Crippen LogP contribution in [0.2, 0.25) is 0 Å². The summed E-state index contributed by atoms with van der Waals surface area (Å²) in [5.74, 6) is 0. The van der Waals surface area contributed by atoms with Crippen LogP contribution in [0.5, 0.6) is 0 Å². The highest BCUT2D eigenvalue weighted by Gasteiger charge is 2.48. The molecule has 124 valence electrons. The fourth-order valence-corrected chi connectivity index (χ4v) is 3.43. The molecule has 0 aliphatic heterocycles. The van der Waals surface area contributed by atoms with Crippen LogP contribution in [0, 0.1) is 19.3 Å². The van der Waals surface area contributed by atoms with Crippen molar-refractivity contribution in [2.24, 2.45) is 5.41 Å². The fourth-order valence-electron chi connectivity index (χ4n) is 3.43. The highest BCUT2D eigenvalue weighted by Crippen LogP contribution is 2.54. The van der Waals surface area contributed by atoms with Gasteiger partial charge in [-0.3, -0.25) is 4.68 Å². The van der Waals surface area contributed by atoms with Gasteiger partial charge in [0.2, 0.25) is 0 Å². The van der Waals surface area contributed by atoms with Gasteiger partial charge in [0.15, 0.2) is 0 Å². The van der Waals surface area contributed by atoms with Crippen molar-refractivity contribution in [1.82, 2.24) is 15.1 Å². The molecule has 23 heavy (non-hydrogen) atoms. The number of benzene rings is 1. The predicted octanol–water partition coefficient (Wildman–Crippen LogP) is 3.12. The van der Waals surface area contributed by atoms with Gasteiger partial charge in [-0.05, 0) is 39.2 Å². The molecule has 1 unspecified atom stereocenters. The molecule has 0 amide bonds. The number of aryl methyl sites for hydroxylation is 2. The molecule has 0 spiro atoms. The molecule has 1 fully saturated rings. The third-order valence-electron chi connectivity index (χ3n) is 5.20. The van der Waals surface area contributed by atoms with Crippen molar-refractivity contribution >= 4 is 0 Å². The number of rotatable bonds is 7. The summed E-state index contributed by atoms with van der Waals surface area (Å²) in [4.78, 5) is 0. The van der Waals surface area contributed by atoms with E-state index >= 15 is 0 Å². The van der Waals surface area contributed by atoms with Crippen LogP contribution < -0.4 is 5.32 Å². The first-order valence-corrected chi connectivity index (χ1v) is 8.54. The molecule has 1 atom stereocenters. The van der Waals surface area contributed by atoms with Crippen molar-refractivity contribution in [3.05, 3.63) is 52.8 Å². The number of aromatic nitrogens is 2. The summed E-state index contributed by atoms with van der Waals surface area (Å²) in [5.41, 5.74) is 4.66. The third kappa shape index (κ3) is 3.19. The Labute approximate surface area is 138 Å². The maximum absolute atomic E-state index is 10.7. The maximum Gasteiger partial charge on any atom is 0.0858 e. The number of nitrogens with one attached hydrogen (secondary N) is 1. The van der Waals surface area contributed by atoms with E-state index in [-0.39, 0.29) is 11.5 Å². The summed E-state index contributed by atoms with van der Waals surface area (Å²) in [6.07, 6.45) is 1.79. The van der Waals surface area contributed by atoms with Crippen LogP contribution in [0.25, 0.3) is 0 Å². The Bertz CT molecular complexity index is 659. The van der Waals surface area contributed by atoms with Gasteiger partial charge in [-0.15, -0.1) is 0 Å². The van der Waals surface area contributed by atoms with Crippen molar-refractivity contribution in [3.63, 3.8) is 0 Å². The van der Waals surface area contributed by atoms with E-state index in [9.17, 15) is 5.11 Å². The van der Waals surface area contributed by atoms with Gasteiger partial charge in [0.25, 0.3) is 0 Å². The minimum absolute atomic E-state index is 0.00388. The van der Waals surface area contributed by atoms with E-state index in [1.165, 1.54) is 11.3 Å². The van der Waals surface area contributed by atoms with Gasteiger partial charge >= 0.3 is 0 Å². The van der Waals surface area contributed by atoms with Gasteiger partial charge in [0.1, 0.15) is 0 Å². The molecule has 2 aromatic rings. The van der Waals surface area contributed by atoms with E-state index < -0.39 is 0 Å². The van der Waals surface area contributed by atoms with E-state index in [0.717, 1.165) is 43.7 Å². The van der Waals surface area contributed by atoms with Gasteiger partial charge in [-0.2, -0.15) is 5.10 Å². The summed E-state index contributed by atoms with van der Waals surface area (Å²) in [6, 6.07) is 10.0. The zero-order chi connectivity index (χ0) is 16.4. The Kier molecular flexibility index (Phi) is 4.55. The van der Waals surface area contributed by atoms with Crippen LogP contribution >= 0.6 is 0 Å². The Hall–Kier alpha value is -1.65. The van der Waals surface area contributed by atoms with Crippen molar-refractivity contribution in [2.45, 2.75) is 52.8 Å². The van der Waals surface area contributed by atoms with Crippen LogP contribution in [0.1, 0.15) is 48.4 Å². The molecule has 1 aliphatic rings. The molecule has 0 bridgehead atoms. The first kappa shape index (κ1) is 16.2. The lowest BCUT2D eigenvalue weighted by molar-refractivity contribution is 0.0917. The van der Waals surface area contributed by atoms with Crippen molar-refractivity contribution < 1.29 is 5.11 Å². The largest absolute Gasteiger partial charge is 0.388 e. The summed E-state index contributed by atoms with van der Waals surface area (Å²) >= 11 is 0. The molecule has 1 aromatic heterocycles. The first-order valence-electron chi connectivity index (χ1n) is 8.54. The first-order chi connectivity index (χ1) is 11.1. The zero-order valence-electron chi connectivity index (χ0n) is 14.3. The molecule has 1 saturated carbocycles. The second-order valence-corrected chi connectivity index (χ2v) is 6.74. The van der Waals surface area contributed by atoms with Crippen molar-refractivity contribution in [1.29, 1.82) is 0 Å². The summed E-state index contributed by atoms with van der Waals surface area (Å²) in [6.45, 7) is 8.89. The number of aliphatic hydroxyl groups excluding tert-OH is 1. The SMILES string of the molecule is CCn1nc(C)c(CNCC2(C(O)c3ccccc3)CC2)c1C. The molecule has 4 nitrogen and oxygen atoms in total. The maximum atomic E-state index is 10.7. The predicted molar refractivity (Wildman–Crippen MR) is 92.2 cm³/mol. The van der Waals surface area contributed by atoms with Crippen LogP contribution in [0.4, 0.5) is 0 Å². The third-order valence-corrected chi connectivity index (χ3v) is 5.20. The standard InChI is InChI=1S/C19H27N3O/c1-4-22-15(3)17(14(2)21-22)12-20-13-19(10-11-19)18(23)16-8-6-5-7-9-16/h5-9,18,20,23H,4,10-13H2,1-3H3. The molecular formula is C19H27N3O. The van der Waals surface area contributed by atoms with Crippen LogP contribution in [-0.4, -0.2) is 21.4 Å². The van der Waals surface area contributed by atoms with E-state index in [1.807, 2.05) is 30.3 Å². The Morgan fingerprint density at radius 1 is 1.26 bits per heavy atom. The Morgan fingerprint density at radius 3 is 2.52 bits per heavy atom. The Morgan fingerprint density at radius 2 is 1.96 bits per heavy atom. The molecule has 1 aromatic carbocycles. The lowest BCUT2D eigenvalue weighted by atomic mass is 9.92. The monoisotopic (exact) mass is 313 g/mol. The summed E-state index contributed by atoms with van der Waals surface area (Å²) < 4.78 is 2.05. The van der Waals surface area contributed by atoms with Crippen LogP contribution in [0.3, 0.4) is 0 Å². The fraction of sp³-hybridized carbons (Fsp3) is 0.526. The minimum atomic E-state index is -0.378. The number of aliphatic hydroxyl groups is 1. The van der Waals surface area contributed by atoms with Crippen molar-refractivity contribution in [3.8, 4) is 0 Å². The molecule has 3 rings (SSSR count). The van der Waals surface area contributed by atoms with Gasteiger partial charge in [-0.25, -0.2) is 0 Å². The van der Waals surface area contributed by atoms with Crippen LogP contribution in [-0.2, 0) is 13.1 Å². The minimum Gasteiger partial charge on any atom is -0.388 e. The van der Waals surface area contributed by atoms with Crippen molar-refractivity contribution in [2.75, 3.05) is 6.54 Å². The molecule has 0 radical (unpaired) electrons. The highest BCUT2D eigenvalue weighted by molar-refractivity contribution is 5.25. The molecule has 2 N–H and O–H groups in total. The average Bonchev–Trinajstić information content (AvgIpc) is 3.31. The normalized spacial score (nSPS) is 17.2. The lowest BCUT2D eigenvalue weighted by Gasteiger charge is -2.23. The number of nitrogens with zero attached hydrogens (tertiary/aromatic N) is 2. The average molecular weight is 313 g/mol.